The van der Waals surface area contributed by atoms with Crippen molar-refractivity contribution in [2.45, 2.75) is 58.4 Å². The summed E-state index contributed by atoms with van der Waals surface area (Å²) in [6, 6.07) is 2.81. The van der Waals surface area contributed by atoms with Crippen molar-refractivity contribution in [1.82, 2.24) is 5.43 Å². The van der Waals surface area contributed by atoms with Crippen LogP contribution in [0, 0.1) is 17.8 Å². The van der Waals surface area contributed by atoms with Crippen molar-refractivity contribution in [3.8, 4) is 0 Å². The summed E-state index contributed by atoms with van der Waals surface area (Å²) in [7, 11) is 0. The van der Waals surface area contributed by atoms with E-state index in [0.717, 1.165) is 17.8 Å². The summed E-state index contributed by atoms with van der Waals surface area (Å²) in [5.41, 5.74) is 4.72. The lowest BCUT2D eigenvalue weighted by atomic mass is 9.73. The number of fused-ring (bicyclic) bond motifs is 1. The Morgan fingerprint density at radius 1 is 1.26 bits per heavy atom. The van der Waals surface area contributed by atoms with Crippen LogP contribution in [0.2, 0.25) is 0 Å². The molecule has 2 aliphatic carbocycles. The van der Waals surface area contributed by atoms with E-state index < -0.39 is 0 Å². The minimum atomic E-state index is 0.380. The van der Waals surface area contributed by atoms with Gasteiger partial charge in [-0.25, -0.2) is 0 Å². The molecule has 2 aliphatic rings. The van der Waals surface area contributed by atoms with E-state index in [1.807, 2.05) is 11.3 Å². The van der Waals surface area contributed by atoms with Crippen LogP contribution < -0.4 is 11.3 Å². The second-order valence-corrected chi connectivity index (χ2v) is 7.79. The molecule has 1 aromatic heterocycles. The zero-order valence-electron chi connectivity index (χ0n) is 12.1. The van der Waals surface area contributed by atoms with E-state index in [9.17, 15) is 0 Å². The predicted octanol–water partition coefficient (Wildman–Crippen LogP) is 3.81. The average Bonchev–Trinajstić information content (AvgIpc) is 2.95. The first-order valence-electron chi connectivity index (χ1n) is 7.76. The first-order chi connectivity index (χ1) is 9.19. The first-order valence-corrected chi connectivity index (χ1v) is 8.58. The third kappa shape index (κ3) is 2.61. The quantitative estimate of drug-likeness (QED) is 0.651. The van der Waals surface area contributed by atoms with Gasteiger partial charge >= 0.3 is 0 Å². The predicted molar refractivity (Wildman–Crippen MR) is 82.1 cm³/mol. The molecule has 3 rings (SSSR count). The van der Waals surface area contributed by atoms with Crippen LogP contribution in [0.3, 0.4) is 0 Å². The molecule has 106 valence electrons. The molecular formula is C16H26N2S. The second kappa shape index (κ2) is 5.55. The van der Waals surface area contributed by atoms with Crippen LogP contribution in [0.5, 0.6) is 0 Å². The molecule has 3 N–H and O–H groups in total. The van der Waals surface area contributed by atoms with Crippen LogP contribution in [0.1, 0.15) is 60.9 Å². The van der Waals surface area contributed by atoms with Gasteiger partial charge in [0, 0.05) is 9.75 Å². The van der Waals surface area contributed by atoms with Crippen molar-refractivity contribution in [2.75, 3.05) is 0 Å². The minimum absolute atomic E-state index is 0.380. The van der Waals surface area contributed by atoms with Gasteiger partial charge in [0.15, 0.2) is 0 Å². The Morgan fingerprint density at radius 2 is 2.11 bits per heavy atom. The highest BCUT2D eigenvalue weighted by Crippen LogP contribution is 2.42. The highest BCUT2D eigenvalue weighted by atomic mass is 32.1. The maximum Gasteiger partial charge on any atom is 0.0581 e. The van der Waals surface area contributed by atoms with Gasteiger partial charge < -0.3 is 0 Å². The van der Waals surface area contributed by atoms with Crippen LogP contribution in [-0.2, 0) is 12.8 Å². The molecular weight excluding hydrogens is 252 g/mol. The van der Waals surface area contributed by atoms with Crippen molar-refractivity contribution >= 4 is 11.3 Å². The van der Waals surface area contributed by atoms with Gasteiger partial charge in [-0.2, -0.15) is 0 Å². The fourth-order valence-electron chi connectivity index (χ4n) is 3.85. The summed E-state index contributed by atoms with van der Waals surface area (Å²) in [6.07, 6.45) is 7.91. The maximum absolute atomic E-state index is 5.89. The van der Waals surface area contributed by atoms with E-state index in [2.05, 4.69) is 25.3 Å². The summed E-state index contributed by atoms with van der Waals surface area (Å²) in [4.78, 5) is 3.10. The average molecular weight is 278 g/mol. The number of nitrogens with two attached hydrogens (primary N) is 1. The van der Waals surface area contributed by atoms with Crippen LogP contribution in [0.25, 0.3) is 0 Å². The smallest absolute Gasteiger partial charge is 0.0581 e. The normalized spacial score (nSPS) is 32.3. The Labute approximate surface area is 120 Å². The lowest BCUT2D eigenvalue weighted by Gasteiger charge is -2.36. The largest absolute Gasteiger partial charge is 0.271 e. The Bertz CT molecular complexity index is 418. The lowest BCUT2D eigenvalue weighted by molar-refractivity contribution is 0.172. The first kappa shape index (κ1) is 13.6. The van der Waals surface area contributed by atoms with Crippen molar-refractivity contribution in [3.05, 3.63) is 21.4 Å². The van der Waals surface area contributed by atoms with E-state index in [1.165, 1.54) is 43.4 Å². The number of hydrazine groups is 1. The van der Waals surface area contributed by atoms with Crippen LogP contribution >= 0.6 is 11.3 Å². The van der Waals surface area contributed by atoms with Gasteiger partial charge in [-0.05, 0) is 61.5 Å². The Morgan fingerprint density at radius 3 is 2.79 bits per heavy atom. The van der Waals surface area contributed by atoms with Gasteiger partial charge in [0.1, 0.15) is 0 Å². The Balaban J connectivity index is 1.76. The standard InChI is InChI=1S/C16H26N2S/c1-10-6-7-13(8-11(10)2)16(18-17)15-9-12-4-3-5-14(12)19-15/h9-11,13,16,18H,3-8,17H2,1-2H3. The van der Waals surface area contributed by atoms with Crippen LogP contribution in [0.4, 0.5) is 0 Å². The van der Waals surface area contributed by atoms with E-state index in [-0.39, 0.29) is 0 Å². The van der Waals surface area contributed by atoms with Gasteiger partial charge in [0.25, 0.3) is 0 Å². The van der Waals surface area contributed by atoms with Gasteiger partial charge in [-0.3, -0.25) is 11.3 Å². The summed E-state index contributed by atoms with van der Waals surface area (Å²) >= 11 is 2.01. The van der Waals surface area contributed by atoms with E-state index in [0.29, 0.717) is 6.04 Å². The summed E-state index contributed by atoms with van der Waals surface area (Å²) in [5.74, 6) is 8.32. The number of hydrogen-bond acceptors (Lipinski definition) is 3. The molecule has 3 heteroatoms. The number of hydrogen-bond donors (Lipinski definition) is 2. The van der Waals surface area contributed by atoms with Gasteiger partial charge in [-0.1, -0.05) is 20.3 Å². The highest BCUT2D eigenvalue weighted by molar-refractivity contribution is 7.12. The minimum Gasteiger partial charge on any atom is -0.271 e. The van der Waals surface area contributed by atoms with E-state index >= 15 is 0 Å². The fourth-order valence-corrected chi connectivity index (χ4v) is 5.26. The van der Waals surface area contributed by atoms with E-state index in [4.69, 9.17) is 5.84 Å². The van der Waals surface area contributed by atoms with Crippen molar-refractivity contribution in [3.63, 3.8) is 0 Å². The summed E-state index contributed by atoms with van der Waals surface area (Å²) < 4.78 is 0. The molecule has 1 aromatic rings. The molecule has 0 amide bonds. The second-order valence-electron chi connectivity index (χ2n) is 6.62. The third-order valence-corrected chi connectivity index (χ3v) is 6.68. The summed E-state index contributed by atoms with van der Waals surface area (Å²) in [6.45, 7) is 4.80. The number of nitrogens with one attached hydrogen (secondary N) is 1. The molecule has 2 nitrogen and oxygen atoms in total. The molecule has 1 saturated carbocycles. The molecule has 0 aliphatic heterocycles. The molecule has 0 spiro atoms. The van der Waals surface area contributed by atoms with Crippen molar-refractivity contribution in [1.29, 1.82) is 0 Å². The topological polar surface area (TPSA) is 38.0 Å². The molecule has 0 bridgehead atoms. The molecule has 0 saturated heterocycles. The van der Waals surface area contributed by atoms with Gasteiger partial charge in [0.2, 0.25) is 0 Å². The van der Waals surface area contributed by atoms with Crippen LogP contribution in [0.15, 0.2) is 6.07 Å². The Kier molecular flexibility index (Phi) is 3.97. The SMILES string of the molecule is CC1CCC(C(NN)c2cc3c(s2)CCC3)CC1C. The molecule has 4 atom stereocenters. The molecule has 4 unspecified atom stereocenters. The highest BCUT2D eigenvalue weighted by Gasteiger charge is 2.32. The molecule has 1 fully saturated rings. The van der Waals surface area contributed by atoms with Gasteiger partial charge in [0.05, 0.1) is 6.04 Å². The zero-order valence-corrected chi connectivity index (χ0v) is 12.9. The van der Waals surface area contributed by atoms with Crippen molar-refractivity contribution < 1.29 is 0 Å². The van der Waals surface area contributed by atoms with Crippen LogP contribution in [-0.4, -0.2) is 0 Å². The zero-order chi connectivity index (χ0) is 13.4. The third-order valence-electron chi connectivity index (χ3n) is 5.36. The summed E-state index contributed by atoms with van der Waals surface area (Å²) in [5, 5.41) is 0. The van der Waals surface area contributed by atoms with E-state index in [1.54, 1.807) is 10.4 Å². The van der Waals surface area contributed by atoms with Crippen molar-refractivity contribution in [2.24, 2.45) is 23.6 Å². The maximum atomic E-state index is 5.89. The van der Waals surface area contributed by atoms with Gasteiger partial charge in [-0.15, -0.1) is 11.3 Å². The molecule has 19 heavy (non-hydrogen) atoms. The molecule has 0 radical (unpaired) electrons. The molecule has 1 heterocycles. The number of thiophene rings is 1. The lowest BCUT2D eigenvalue weighted by Crippen LogP contribution is -2.36. The molecule has 0 aromatic carbocycles. The fraction of sp³-hybridized carbons (Fsp3) is 0.750. The monoisotopic (exact) mass is 278 g/mol. The Hall–Kier alpha value is -0.380. The number of aryl methyl sites for hydroxylation is 2. The number of rotatable bonds is 3.